The molecule has 1 heterocycles. The molecule has 1 amide bonds. The maximum atomic E-state index is 13.5. The summed E-state index contributed by atoms with van der Waals surface area (Å²) in [6.07, 6.45) is 1.59. The van der Waals surface area contributed by atoms with E-state index in [2.05, 4.69) is 41.1 Å². The number of aryl methyl sites for hydroxylation is 4. The smallest absolute Gasteiger partial charge is 0.264 e. The molecule has 3 aromatic carbocycles. The molecule has 196 valence electrons. The summed E-state index contributed by atoms with van der Waals surface area (Å²) in [5.74, 6) is -0.552. The largest absolute Gasteiger partial charge is 0.317 e. The summed E-state index contributed by atoms with van der Waals surface area (Å²) < 4.78 is 30.2. The summed E-state index contributed by atoms with van der Waals surface area (Å²) in [6.45, 7) is 9.67. The summed E-state index contributed by atoms with van der Waals surface area (Å²) >= 11 is 0. The van der Waals surface area contributed by atoms with Crippen molar-refractivity contribution < 1.29 is 13.2 Å². The third-order valence-corrected chi connectivity index (χ3v) is 8.25. The molecule has 0 bridgehead atoms. The lowest BCUT2D eigenvalue weighted by Gasteiger charge is -2.23. The highest BCUT2D eigenvalue weighted by Crippen LogP contribution is 2.26. The summed E-state index contributed by atoms with van der Waals surface area (Å²) in [4.78, 5) is 13.0. The second-order valence-corrected chi connectivity index (χ2v) is 11.2. The molecule has 0 unspecified atom stereocenters. The Morgan fingerprint density at radius 1 is 0.895 bits per heavy atom. The van der Waals surface area contributed by atoms with Gasteiger partial charge in [0.15, 0.2) is 0 Å². The van der Waals surface area contributed by atoms with Gasteiger partial charge in [-0.15, -0.1) is 0 Å². The first-order chi connectivity index (χ1) is 18.1. The summed E-state index contributed by atoms with van der Waals surface area (Å²) in [7, 11) is -3.97. The number of hydrogen-bond acceptors (Lipinski definition) is 4. The van der Waals surface area contributed by atoms with E-state index in [9.17, 15) is 13.2 Å². The predicted octanol–water partition coefficient (Wildman–Crippen LogP) is 5.37. The molecule has 8 heteroatoms. The topological polar surface area (TPSA) is 83.8 Å². The highest BCUT2D eigenvalue weighted by molar-refractivity contribution is 7.92. The minimum atomic E-state index is -3.97. The van der Waals surface area contributed by atoms with Crippen LogP contribution in [0.2, 0.25) is 0 Å². The van der Waals surface area contributed by atoms with Crippen LogP contribution in [0.3, 0.4) is 0 Å². The highest BCUT2D eigenvalue weighted by atomic mass is 32.2. The first-order valence-electron chi connectivity index (χ1n) is 12.3. The number of carbonyl (C=O) groups is 1. The molecule has 0 aliphatic heterocycles. The van der Waals surface area contributed by atoms with Crippen molar-refractivity contribution >= 4 is 27.8 Å². The molecule has 0 saturated heterocycles. The number of sulfonamides is 1. The van der Waals surface area contributed by atoms with Crippen LogP contribution in [0.1, 0.15) is 33.6 Å². The van der Waals surface area contributed by atoms with Crippen LogP contribution in [0.4, 0.5) is 5.69 Å². The van der Waals surface area contributed by atoms with Crippen LogP contribution in [-0.4, -0.2) is 31.7 Å². The van der Waals surface area contributed by atoms with Gasteiger partial charge in [-0.05, 0) is 76.1 Å². The van der Waals surface area contributed by atoms with Gasteiger partial charge >= 0.3 is 0 Å². The van der Waals surface area contributed by atoms with Gasteiger partial charge in [-0.2, -0.15) is 5.10 Å². The van der Waals surface area contributed by atoms with Crippen LogP contribution in [0.5, 0.6) is 0 Å². The average molecular weight is 529 g/mol. The van der Waals surface area contributed by atoms with Crippen molar-refractivity contribution in [1.82, 2.24) is 9.99 Å². The monoisotopic (exact) mass is 528 g/mol. The number of para-hydroxylation sites is 2. The first-order valence-corrected chi connectivity index (χ1v) is 13.8. The molecule has 38 heavy (non-hydrogen) atoms. The molecule has 1 aromatic heterocycles. The van der Waals surface area contributed by atoms with Crippen molar-refractivity contribution in [3.63, 3.8) is 0 Å². The van der Waals surface area contributed by atoms with E-state index in [-0.39, 0.29) is 4.90 Å². The average Bonchev–Trinajstić information content (AvgIpc) is 3.16. The number of hydrazone groups is 1. The van der Waals surface area contributed by atoms with Gasteiger partial charge in [-0.3, -0.25) is 9.10 Å². The van der Waals surface area contributed by atoms with Gasteiger partial charge < -0.3 is 4.57 Å². The first kappa shape index (κ1) is 26.9. The molecule has 0 radical (unpaired) electrons. The van der Waals surface area contributed by atoms with Gasteiger partial charge in [0.1, 0.15) is 6.54 Å². The van der Waals surface area contributed by atoms with E-state index in [0.29, 0.717) is 5.69 Å². The molecule has 0 aliphatic rings. The Hall–Kier alpha value is -4.17. The third-order valence-electron chi connectivity index (χ3n) is 6.47. The lowest BCUT2D eigenvalue weighted by Crippen LogP contribution is -2.39. The number of benzene rings is 3. The van der Waals surface area contributed by atoms with Crippen LogP contribution in [-0.2, 0) is 14.8 Å². The molecule has 0 saturated carbocycles. The van der Waals surface area contributed by atoms with E-state index < -0.39 is 22.5 Å². The van der Waals surface area contributed by atoms with Crippen LogP contribution in [0.15, 0.2) is 88.9 Å². The fraction of sp³-hybridized carbons (Fsp3) is 0.200. The molecule has 0 aliphatic carbocycles. The van der Waals surface area contributed by atoms with Crippen molar-refractivity contribution in [1.29, 1.82) is 0 Å². The number of anilines is 1. The number of nitrogens with zero attached hydrogens (tertiary/aromatic N) is 3. The predicted molar refractivity (Wildman–Crippen MR) is 153 cm³/mol. The van der Waals surface area contributed by atoms with E-state index in [4.69, 9.17) is 0 Å². The number of hydrogen-bond donors (Lipinski definition) is 1. The zero-order valence-corrected chi connectivity index (χ0v) is 23.1. The van der Waals surface area contributed by atoms with Gasteiger partial charge in [0.25, 0.3) is 15.9 Å². The molecule has 0 spiro atoms. The maximum Gasteiger partial charge on any atom is 0.264 e. The fourth-order valence-electron chi connectivity index (χ4n) is 4.51. The van der Waals surface area contributed by atoms with E-state index in [1.54, 1.807) is 60.8 Å². The number of nitrogens with one attached hydrogen (secondary N) is 1. The zero-order chi connectivity index (χ0) is 27.4. The van der Waals surface area contributed by atoms with Gasteiger partial charge in [-0.25, -0.2) is 13.8 Å². The number of carbonyl (C=O) groups excluding carboxylic acids is 1. The van der Waals surface area contributed by atoms with Gasteiger partial charge in [0, 0.05) is 17.0 Å². The van der Waals surface area contributed by atoms with Gasteiger partial charge in [0.05, 0.1) is 22.5 Å². The molecular formula is C30H32N4O3S. The Kier molecular flexibility index (Phi) is 7.83. The quantitative estimate of drug-likeness (QED) is 0.247. The van der Waals surface area contributed by atoms with Crippen molar-refractivity contribution in [2.45, 2.75) is 39.5 Å². The Bertz CT molecular complexity index is 1570. The molecular weight excluding hydrogens is 496 g/mol. The Balaban J connectivity index is 1.55. The van der Waals surface area contributed by atoms with Crippen LogP contribution < -0.4 is 9.73 Å². The fourth-order valence-corrected chi connectivity index (χ4v) is 5.93. The SMILES string of the molecule is Cc1ccc(S(=O)(=O)N(CC(=O)N/N=C\c2cc(C)n(-c3c(C)cccc3C)c2C)c2ccccc2)cc1. The molecule has 4 aromatic rings. The number of rotatable bonds is 8. The second-order valence-electron chi connectivity index (χ2n) is 9.36. The summed E-state index contributed by atoms with van der Waals surface area (Å²) in [5, 5.41) is 4.15. The van der Waals surface area contributed by atoms with E-state index >= 15 is 0 Å². The van der Waals surface area contributed by atoms with Crippen molar-refractivity contribution in [3.8, 4) is 5.69 Å². The normalized spacial score (nSPS) is 11.6. The minimum Gasteiger partial charge on any atom is -0.317 e. The van der Waals surface area contributed by atoms with Crippen LogP contribution in [0, 0.1) is 34.6 Å². The third kappa shape index (κ3) is 5.55. The molecule has 4 rings (SSSR count). The number of aromatic nitrogens is 1. The van der Waals surface area contributed by atoms with Crippen LogP contribution in [0.25, 0.3) is 5.69 Å². The molecule has 0 fully saturated rings. The zero-order valence-electron chi connectivity index (χ0n) is 22.3. The Morgan fingerprint density at radius 2 is 1.53 bits per heavy atom. The Labute approximate surface area is 224 Å². The van der Waals surface area contributed by atoms with Crippen molar-refractivity contribution in [2.24, 2.45) is 5.10 Å². The lowest BCUT2D eigenvalue weighted by atomic mass is 10.1. The van der Waals surface area contributed by atoms with E-state index in [1.807, 2.05) is 32.9 Å². The van der Waals surface area contributed by atoms with E-state index in [1.165, 1.54) is 11.1 Å². The summed E-state index contributed by atoms with van der Waals surface area (Å²) in [5.41, 5.74) is 10.2. The molecule has 7 nitrogen and oxygen atoms in total. The minimum absolute atomic E-state index is 0.113. The standard InChI is InChI=1S/C30H32N4O3S/c1-21-14-16-28(17-15-21)38(36,37)33(27-12-7-6-8-13-27)20-29(35)32-31-19-26-18-24(4)34(25(26)5)30-22(2)10-9-11-23(30)3/h6-19H,20H2,1-5H3,(H,32,35)/b31-19-. The summed E-state index contributed by atoms with van der Waals surface area (Å²) in [6, 6.07) is 23.3. The van der Waals surface area contributed by atoms with Crippen molar-refractivity contribution in [2.75, 3.05) is 10.8 Å². The van der Waals surface area contributed by atoms with Gasteiger partial charge in [0.2, 0.25) is 0 Å². The van der Waals surface area contributed by atoms with Gasteiger partial charge in [-0.1, -0.05) is 54.1 Å². The second kappa shape index (κ2) is 11.1. The highest BCUT2D eigenvalue weighted by Gasteiger charge is 2.27. The molecule has 0 atom stereocenters. The van der Waals surface area contributed by atoms with Crippen LogP contribution >= 0.6 is 0 Å². The van der Waals surface area contributed by atoms with E-state index in [0.717, 1.165) is 32.5 Å². The Morgan fingerprint density at radius 3 is 2.16 bits per heavy atom. The molecule has 1 N–H and O–H groups in total. The van der Waals surface area contributed by atoms with Crippen molar-refractivity contribution in [3.05, 3.63) is 113 Å². The number of amides is 1. The lowest BCUT2D eigenvalue weighted by molar-refractivity contribution is -0.119. The maximum absolute atomic E-state index is 13.5.